The van der Waals surface area contributed by atoms with E-state index in [4.69, 9.17) is 10.2 Å². The van der Waals surface area contributed by atoms with Crippen LogP contribution in [0, 0.1) is 0 Å². The number of anilines is 2. The Morgan fingerprint density at radius 1 is 1.67 bits per heavy atom. The Hall–Kier alpha value is -2.02. The number of thiazole rings is 1. The van der Waals surface area contributed by atoms with E-state index >= 15 is 0 Å². The average molecular weight is 266 g/mol. The topological polar surface area (TPSA) is 84.4 Å². The molecular formula is C11H14N4O2S. The van der Waals surface area contributed by atoms with Crippen LogP contribution in [0.4, 0.5) is 10.9 Å². The third-order valence-corrected chi connectivity index (χ3v) is 3.46. The number of nitrogens with two attached hydrogens (primary N) is 1. The first-order valence-electron chi connectivity index (χ1n) is 5.33. The Morgan fingerprint density at radius 2 is 2.44 bits per heavy atom. The van der Waals surface area contributed by atoms with Crippen LogP contribution in [0.2, 0.25) is 0 Å². The van der Waals surface area contributed by atoms with Crippen molar-refractivity contribution in [2.75, 3.05) is 25.1 Å². The van der Waals surface area contributed by atoms with Crippen LogP contribution in [0.25, 0.3) is 0 Å². The Morgan fingerprint density at radius 3 is 3.00 bits per heavy atom. The molecule has 0 saturated carbocycles. The monoisotopic (exact) mass is 266 g/mol. The van der Waals surface area contributed by atoms with Gasteiger partial charge in [0.1, 0.15) is 16.5 Å². The lowest BCUT2D eigenvalue weighted by molar-refractivity contribution is 0.0781. The number of hydrogen-bond acceptors (Lipinski definition) is 6. The number of rotatable bonds is 4. The molecule has 0 aliphatic heterocycles. The molecule has 6 nitrogen and oxygen atoms in total. The maximum atomic E-state index is 12.2. The molecule has 2 rings (SSSR count). The first-order valence-corrected chi connectivity index (χ1v) is 6.15. The van der Waals surface area contributed by atoms with Crippen molar-refractivity contribution < 1.29 is 9.21 Å². The van der Waals surface area contributed by atoms with E-state index in [9.17, 15) is 4.79 Å². The number of furan rings is 1. The molecule has 0 unspecified atom stereocenters. The van der Waals surface area contributed by atoms with Gasteiger partial charge in [0.15, 0.2) is 5.13 Å². The maximum Gasteiger partial charge on any atom is 0.268 e. The molecule has 2 aromatic rings. The van der Waals surface area contributed by atoms with E-state index in [2.05, 4.69) is 10.3 Å². The first kappa shape index (κ1) is 12.4. The van der Waals surface area contributed by atoms with Crippen LogP contribution in [0.5, 0.6) is 0 Å². The van der Waals surface area contributed by atoms with Crippen molar-refractivity contribution in [2.24, 2.45) is 0 Å². The van der Waals surface area contributed by atoms with E-state index in [0.717, 1.165) is 5.76 Å². The quantitative estimate of drug-likeness (QED) is 0.878. The van der Waals surface area contributed by atoms with E-state index in [0.29, 0.717) is 16.6 Å². The van der Waals surface area contributed by atoms with Crippen molar-refractivity contribution >= 4 is 28.2 Å². The molecule has 1 amide bonds. The van der Waals surface area contributed by atoms with E-state index < -0.39 is 0 Å². The first-order chi connectivity index (χ1) is 8.61. The number of aromatic nitrogens is 1. The predicted molar refractivity (Wildman–Crippen MR) is 70.6 cm³/mol. The smallest absolute Gasteiger partial charge is 0.268 e. The SMILES string of the molecule is CNc1nc(N)c(C(=O)N(C)Cc2ccco2)s1. The largest absolute Gasteiger partial charge is 0.467 e. The fraction of sp³-hybridized carbons (Fsp3) is 0.273. The molecule has 0 bridgehead atoms. The summed E-state index contributed by atoms with van der Waals surface area (Å²) in [6.07, 6.45) is 1.58. The summed E-state index contributed by atoms with van der Waals surface area (Å²) in [7, 11) is 3.43. The van der Waals surface area contributed by atoms with Gasteiger partial charge in [0, 0.05) is 14.1 Å². The van der Waals surface area contributed by atoms with Gasteiger partial charge < -0.3 is 20.4 Å². The second-order valence-electron chi connectivity index (χ2n) is 3.72. The second-order valence-corrected chi connectivity index (χ2v) is 4.72. The Bertz CT molecular complexity index is 535. The summed E-state index contributed by atoms with van der Waals surface area (Å²) in [5, 5.41) is 3.49. The highest BCUT2D eigenvalue weighted by Crippen LogP contribution is 2.25. The lowest BCUT2D eigenvalue weighted by Gasteiger charge is -2.14. The van der Waals surface area contributed by atoms with Crippen molar-refractivity contribution in [1.29, 1.82) is 0 Å². The van der Waals surface area contributed by atoms with Crippen LogP contribution in [-0.4, -0.2) is 29.9 Å². The predicted octanol–water partition coefficient (Wildman–Crippen LogP) is 1.63. The van der Waals surface area contributed by atoms with Gasteiger partial charge >= 0.3 is 0 Å². The van der Waals surface area contributed by atoms with Crippen LogP contribution < -0.4 is 11.1 Å². The van der Waals surface area contributed by atoms with E-state index in [-0.39, 0.29) is 11.7 Å². The molecule has 2 aromatic heterocycles. The highest BCUT2D eigenvalue weighted by atomic mass is 32.1. The zero-order valence-corrected chi connectivity index (χ0v) is 11.0. The van der Waals surface area contributed by atoms with Gasteiger partial charge in [-0.2, -0.15) is 0 Å². The fourth-order valence-corrected chi connectivity index (χ4v) is 2.31. The Balaban J connectivity index is 2.12. The average Bonchev–Trinajstić information content (AvgIpc) is 2.97. The normalized spacial score (nSPS) is 10.3. The van der Waals surface area contributed by atoms with Crippen LogP contribution in [-0.2, 0) is 6.54 Å². The van der Waals surface area contributed by atoms with Gasteiger partial charge in [0.05, 0.1) is 12.8 Å². The van der Waals surface area contributed by atoms with E-state index in [1.807, 2.05) is 6.07 Å². The molecule has 2 heterocycles. The zero-order valence-electron chi connectivity index (χ0n) is 10.1. The molecule has 0 radical (unpaired) electrons. The van der Waals surface area contributed by atoms with E-state index in [1.54, 1.807) is 31.3 Å². The van der Waals surface area contributed by atoms with Crippen molar-refractivity contribution in [3.05, 3.63) is 29.0 Å². The molecule has 0 aliphatic rings. The molecule has 0 saturated heterocycles. The third kappa shape index (κ3) is 2.45. The van der Waals surface area contributed by atoms with Crippen LogP contribution in [0.1, 0.15) is 15.4 Å². The van der Waals surface area contributed by atoms with Gasteiger partial charge in [-0.15, -0.1) is 0 Å². The molecular weight excluding hydrogens is 252 g/mol. The van der Waals surface area contributed by atoms with Crippen molar-refractivity contribution in [2.45, 2.75) is 6.54 Å². The van der Waals surface area contributed by atoms with Gasteiger partial charge in [-0.25, -0.2) is 4.98 Å². The summed E-state index contributed by atoms with van der Waals surface area (Å²) >= 11 is 1.24. The van der Waals surface area contributed by atoms with Crippen molar-refractivity contribution in [3.8, 4) is 0 Å². The van der Waals surface area contributed by atoms with Crippen LogP contribution in [0.15, 0.2) is 22.8 Å². The highest BCUT2D eigenvalue weighted by Gasteiger charge is 2.20. The molecule has 0 aromatic carbocycles. The number of carbonyl (C=O) groups excluding carboxylic acids is 1. The van der Waals surface area contributed by atoms with Crippen molar-refractivity contribution in [3.63, 3.8) is 0 Å². The number of nitrogens with zero attached hydrogens (tertiary/aromatic N) is 2. The molecule has 18 heavy (non-hydrogen) atoms. The summed E-state index contributed by atoms with van der Waals surface area (Å²) in [6, 6.07) is 3.60. The van der Waals surface area contributed by atoms with Gasteiger partial charge in [0.2, 0.25) is 0 Å². The molecule has 0 aliphatic carbocycles. The van der Waals surface area contributed by atoms with E-state index in [1.165, 1.54) is 11.3 Å². The highest BCUT2D eigenvalue weighted by molar-refractivity contribution is 7.18. The van der Waals surface area contributed by atoms with Gasteiger partial charge in [-0.1, -0.05) is 11.3 Å². The molecule has 7 heteroatoms. The van der Waals surface area contributed by atoms with Gasteiger partial charge in [-0.3, -0.25) is 4.79 Å². The molecule has 0 fully saturated rings. The minimum absolute atomic E-state index is 0.164. The summed E-state index contributed by atoms with van der Waals surface area (Å²) < 4.78 is 5.20. The fourth-order valence-electron chi connectivity index (χ4n) is 1.47. The van der Waals surface area contributed by atoms with Gasteiger partial charge in [-0.05, 0) is 12.1 Å². The van der Waals surface area contributed by atoms with Crippen LogP contribution >= 0.6 is 11.3 Å². The minimum Gasteiger partial charge on any atom is -0.467 e. The standard InChI is InChI=1S/C11H14N4O2S/c1-13-11-14-9(12)8(18-11)10(16)15(2)6-7-4-3-5-17-7/h3-5H,6,12H2,1-2H3,(H,13,14). The summed E-state index contributed by atoms with van der Waals surface area (Å²) in [6.45, 7) is 0.401. The Kier molecular flexibility index (Phi) is 3.52. The second kappa shape index (κ2) is 5.09. The number of amides is 1. The third-order valence-electron chi connectivity index (χ3n) is 2.38. The summed E-state index contributed by atoms with van der Waals surface area (Å²) in [5.74, 6) is 0.811. The van der Waals surface area contributed by atoms with Crippen LogP contribution in [0.3, 0.4) is 0 Å². The molecule has 0 spiro atoms. The Labute approximate surface area is 108 Å². The molecule has 3 N–H and O–H groups in total. The minimum atomic E-state index is -0.164. The zero-order chi connectivity index (χ0) is 13.1. The number of nitrogen functional groups attached to an aromatic ring is 1. The number of nitrogens with one attached hydrogen (secondary N) is 1. The lowest BCUT2D eigenvalue weighted by atomic mass is 10.3. The summed E-state index contributed by atoms with van der Waals surface area (Å²) in [4.78, 5) is 18.2. The number of hydrogen-bond donors (Lipinski definition) is 2. The summed E-state index contributed by atoms with van der Waals surface area (Å²) in [5.41, 5.74) is 5.72. The molecule has 0 atom stereocenters. The van der Waals surface area contributed by atoms with Crippen molar-refractivity contribution in [1.82, 2.24) is 9.88 Å². The lowest BCUT2D eigenvalue weighted by Crippen LogP contribution is -2.25. The van der Waals surface area contributed by atoms with Gasteiger partial charge in [0.25, 0.3) is 5.91 Å². The maximum absolute atomic E-state index is 12.2. The number of carbonyl (C=O) groups is 1. The molecule has 96 valence electrons.